The zero-order valence-electron chi connectivity index (χ0n) is 10.9. The van der Waals surface area contributed by atoms with Crippen molar-refractivity contribution in [3.63, 3.8) is 0 Å². The lowest BCUT2D eigenvalue weighted by Crippen LogP contribution is -2.39. The van der Waals surface area contributed by atoms with Crippen molar-refractivity contribution in [3.05, 3.63) is 29.3 Å². The molecule has 0 spiro atoms. The summed E-state index contributed by atoms with van der Waals surface area (Å²) in [6, 6.07) is 5.81. The average molecular weight is 239 g/mol. The van der Waals surface area contributed by atoms with Crippen LogP contribution in [-0.4, -0.2) is 33.7 Å². The minimum atomic E-state index is -0.403. The monoisotopic (exact) mass is 239 g/mol. The highest BCUT2D eigenvalue weighted by Gasteiger charge is 2.18. The van der Waals surface area contributed by atoms with Crippen molar-refractivity contribution >= 4 is 0 Å². The van der Waals surface area contributed by atoms with Crippen LogP contribution in [0.4, 0.5) is 0 Å². The maximum absolute atomic E-state index is 6.04. The lowest BCUT2D eigenvalue weighted by Gasteiger charge is -2.22. The van der Waals surface area contributed by atoms with Crippen LogP contribution in [0.15, 0.2) is 18.2 Å². The first-order chi connectivity index (χ1) is 8.12. The first-order valence-corrected chi connectivity index (χ1v) is 5.57. The summed E-state index contributed by atoms with van der Waals surface area (Å²) in [4.78, 5) is 0. The highest BCUT2D eigenvalue weighted by Crippen LogP contribution is 2.21. The Morgan fingerprint density at radius 3 is 2.35 bits per heavy atom. The Bertz CT molecular complexity index is 351. The van der Waals surface area contributed by atoms with Crippen LogP contribution < -0.4 is 10.5 Å². The van der Waals surface area contributed by atoms with Gasteiger partial charge in [-0.05, 0) is 25.0 Å². The highest BCUT2D eigenvalue weighted by molar-refractivity contribution is 5.37. The molecule has 0 amide bonds. The van der Waals surface area contributed by atoms with E-state index in [-0.39, 0.29) is 6.04 Å². The molecule has 1 unspecified atom stereocenters. The van der Waals surface area contributed by atoms with Crippen LogP contribution in [0, 0.1) is 6.92 Å². The van der Waals surface area contributed by atoms with Gasteiger partial charge in [0.15, 0.2) is 6.29 Å². The molecule has 0 aliphatic heterocycles. The Balaban J connectivity index is 2.82. The predicted octanol–water partition coefficient (Wildman–Crippen LogP) is 1.49. The Labute approximate surface area is 103 Å². The maximum atomic E-state index is 6.04. The number of nitrogens with two attached hydrogens (primary N) is 1. The zero-order valence-corrected chi connectivity index (χ0v) is 10.9. The Morgan fingerprint density at radius 2 is 1.82 bits per heavy atom. The molecule has 1 rings (SSSR count). The standard InChI is InChI=1S/C13H21NO3/c1-9-5-6-12(15-2)10(7-9)8-11(14)13(16-3)17-4/h5-7,11,13H,8,14H2,1-4H3. The predicted molar refractivity (Wildman–Crippen MR) is 67.2 cm³/mol. The van der Waals surface area contributed by atoms with E-state index in [0.717, 1.165) is 11.3 Å². The van der Waals surface area contributed by atoms with E-state index >= 15 is 0 Å². The smallest absolute Gasteiger partial charge is 0.172 e. The minimum Gasteiger partial charge on any atom is -0.496 e. The molecule has 1 aromatic carbocycles. The molecule has 0 heterocycles. The largest absolute Gasteiger partial charge is 0.496 e. The Morgan fingerprint density at radius 1 is 1.18 bits per heavy atom. The maximum Gasteiger partial charge on any atom is 0.172 e. The van der Waals surface area contributed by atoms with Crippen molar-refractivity contribution in [2.45, 2.75) is 25.7 Å². The number of hydrogen-bond donors (Lipinski definition) is 1. The highest BCUT2D eigenvalue weighted by atomic mass is 16.7. The van der Waals surface area contributed by atoms with Crippen molar-refractivity contribution in [2.24, 2.45) is 5.73 Å². The summed E-state index contributed by atoms with van der Waals surface area (Å²) >= 11 is 0. The first-order valence-electron chi connectivity index (χ1n) is 5.57. The first kappa shape index (κ1) is 14.0. The molecule has 4 heteroatoms. The third-order valence-corrected chi connectivity index (χ3v) is 2.71. The van der Waals surface area contributed by atoms with E-state index < -0.39 is 6.29 Å². The summed E-state index contributed by atoms with van der Waals surface area (Å²) in [5.74, 6) is 0.844. The molecule has 1 atom stereocenters. The fourth-order valence-corrected chi connectivity index (χ4v) is 1.86. The molecule has 1 aromatic rings. The Kier molecular flexibility index (Phi) is 5.41. The molecule has 0 fully saturated rings. The summed E-state index contributed by atoms with van der Waals surface area (Å²) in [5.41, 5.74) is 8.29. The summed E-state index contributed by atoms with van der Waals surface area (Å²) in [5, 5.41) is 0. The van der Waals surface area contributed by atoms with E-state index in [1.54, 1.807) is 21.3 Å². The van der Waals surface area contributed by atoms with E-state index in [0.29, 0.717) is 6.42 Å². The van der Waals surface area contributed by atoms with Crippen LogP contribution in [0.5, 0.6) is 5.75 Å². The van der Waals surface area contributed by atoms with Gasteiger partial charge in [-0.3, -0.25) is 0 Å². The van der Waals surface area contributed by atoms with Gasteiger partial charge in [-0.1, -0.05) is 17.7 Å². The van der Waals surface area contributed by atoms with E-state index in [1.165, 1.54) is 5.56 Å². The SMILES string of the molecule is COc1ccc(C)cc1CC(N)C(OC)OC. The number of ether oxygens (including phenoxy) is 3. The molecule has 0 aliphatic rings. The van der Waals surface area contributed by atoms with Gasteiger partial charge in [0.25, 0.3) is 0 Å². The molecule has 0 saturated heterocycles. The van der Waals surface area contributed by atoms with E-state index in [4.69, 9.17) is 19.9 Å². The molecule has 96 valence electrons. The normalized spacial score (nSPS) is 12.8. The van der Waals surface area contributed by atoms with E-state index in [9.17, 15) is 0 Å². The summed E-state index contributed by atoms with van der Waals surface area (Å²) in [7, 11) is 4.83. The van der Waals surface area contributed by atoms with E-state index in [2.05, 4.69) is 6.07 Å². The fourth-order valence-electron chi connectivity index (χ4n) is 1.86. The summed E-state index contributed by atoms with van der Waals surface area (Å²) < 4.78 is 15.6. The molecular formula is C13H21NO3. The van der Waals surface area contributed by atoms with Gasteiger partial charge < -0.3 is 19.9 Å². The second-order valence-electron chi connectivity index (χ2n) is 4.02. The van der Waals surface area contributed by atoms with Crippen LogP contribution in [0.25, 0.3) is 0 Å². The number of methoxy groups -OCH3 is 3. The van der Waals surface area contributed by atoms with Crippen molar-refractivity contribution < 1.29 is 14.2 Å². The zero-order chi connectivity index (χ0) is 12.8. The minimum absolute atomic E-state index is 0.222. The van der Waals surface area contributed by atoms with Gasteiger partial charge in [0.2, 0.25) is 0 Å². The van der Waals surface area contributed by atoms with Gasteiger partial charge >= 0.3 is 0 Å². The van der Waals surface area contributed by atoms with Crippen LogP contribution in [0.3, 0.4) is 0 Å². The molecule has 0 radical (unpaired) electrons. The molecule has 2 N–H and O–H groups in total. The van der Waals surface area contributed by atoms with Crippen LogP contribution in [0.2, 0.25) is 0 Å². The van der Waals surface area contributed by atoms with Crippen molar-refractivity contribution in [3.8, 4) is 5.75 Å². The van der Waals surface area contributed by atoms with Gasteiger partial charge in [0, 0.05) is 14.2 Å². The second-order valence-corrected chi connectivity index (χ2v) is 4.02. The van der Waals surface area contributed by atoms with Crippen molar-refractivity contribution in [1.82, 2.24) is 0 Å². The molecule has 0 aliphatic carbocycles. The van der Waals surface area contributed by atoms with Crippen molar-refractivity contribution in [2.75, 3.05) is 21.3 Å². The van der Waals surface area contributed by atoms with Gasteiger partial charge in [-0.15, -0.1) is 0 Å². The molecule has 0 aromatic heterocycles. The van der Waals surface area contributed by atoms with Crippen LogP contribution in [-0.2, 0) is 15.9 Å². The number of hydrogen-bond acceptors (Lipinski definition) is 4. The summed E-state index contributed by atoms with van der Waals surface area (Å²) in [6.07, 6.45) is 0.247. The fraction of sp³-hybridized carbons (Fsp3) is 0.538. The molecule has 0 saturated carbocycles. The molecule has 17 heavy (non-hydrogen) atoms. The molecular weight excluding hydrogens is 218 g/mol. The van der Waals surface area contributed by atoms with E-state index in [1.807, 2.05) is 19.1 Å². The van der Waals surface area contributed by atoms with Crippen molar-refractivity contribution in [1.29, 1.82) is 0 Å². The summed E-state index contributed by atoms with van der Waals surface area (Å²) in [6.45, 7) is 2.04. The average Bonchev–Trinajstić information content (AvgIpc) is 2.31. The van der Waals surface area contributed by atoms with Gasteiger partial charge in [-0.2, -0.15) is 0 Å². The van der Waals surface area contributed by atoms with Crippen LogP contribution >= 0.6 is 0 Å². The Hall–Kier alpha value is -1.10. The van der Waals surface area contributed by atoms with Crippen LogP contribution in [0.1, 0.15) is 11.1 Å². The molecule has 0 bridgehead atoms. The lowest BCUT2D eigenvalue weighted by atomic mass is 10.0. The number of rotatable bonds is 6. The second kappa shape index (κ2) is 6.59. The number of aryl methyl sites for hydroxylation is 1. The third-order valence-electron chi connectivity index (χ3n) is 2.71. The van der Waals surface area contributed by atoms with Gasteiger partial charge in [0.1, 0.15) is 5.75 Å². The third kappa shape index (κ3) is 3.70. The van der Waals surface area contributed by atoms with Gasteiger partial charge in [0.05, 0.1) is 13.2 Å². The van der Waals surface area contributed by atoms with Gasteiger partial charge in [-0.25, -0.2) is 0 Å². The number of benzene rings is 1. The topological polar surface area (TPSA) is 53.7 Å². The molecule has 4 nitrogen and oxygen atoms in total. The quantitative estimate of drug-likeness (QED) is 0.764. The lowest BCUT2D eigenvalue weighted by molar-refractivity contribution is -0.115.